The number of hydrogen-bond donors (Lipinski definition) is 1. The fourth-order valence-corrected chi connectivity index (χ4v) is 4.29. The number of para-hydroxylation sites is 2. The zero-order valence-corrected chi connectivity index (χ0v) is 22.4. The maximum absolute atomic E-state index is 14.2. The van der Waals surface area contributed by atoms with Crippen LogP contribution in [0.15, 0.2) is 72.8 Å². The second kappa shape index (κ2) is 11.0. The molecule has 0 aliphatic heterocycles. The van der Waals surface area contributed by atoms with Gasteiger partial charge in [0.2, 0.25) is 11.8 Å². The summed E-state index contributed by atoms with van der Waals surface area (Å²) in [5, 5.41) is 11.5. The molecule has 0 bridgehead atoms. The summed E-state index contributed by atoms with van der Waals surface area (Å²) in [5.74, 6) is -0.943. The number of ketones is 1. The molecule has 1 atom stereocenters. The molecule has 0 saturated heterocycles. The molecule has 1 aromatic heterocycles. The molecule has 0 aliphatic rings. The van der Waals surface area contributed by atoms with Crippen LogP contribution < -0.4 is 10.2 Å². The Kier molecular flexibility index (Phi) is 7.71. The van der Waals surface area contributed by atoms with E-state index < -0.39 is 17.5 Å². The van der Waals surface area contributed by atoms with E-state index in [0.29, 0.717) is 34.3 Å². The molecule has 0 saturated carbocycles. The number of aryl methyl sites for hydroxylation is 1. The lowest BCUT2D eigenvalue weighted by molar-refractivity contribution is -0.128. The number of anilines is 1. The van der Waals surface area contributed by atoms with Crippen molar-refractivity contribution in [1.29, 1.82) is 0 Å². The van der Waals surface area contributed by atoms with Crippen LogP contribution in [0.5, 0.6) is 0 Å². The van der Waals surface area contributed by atoms with Gasteiger partial charge in [-0.1, -0.05) is 66.2 Å². The summed E-state index contributed by atoms with van der Waals surface area (Å²) < 4.78 is 1.52. The van der Waals surface area contributed by atoms with Gasteiger partial charge in [0, 0.05) is 11.1 Å². The van der Waals surface area contributed by atoms with E-state index in [0.717, 1.165) is 5.56 Å². The first-order chi connectivity index (χ1) is 18.1. The fourth-order valence-electron chi connectivity index (χ4n) is 4.29. The van der Waals surface area contributed by atoms with Gasteiger partial charge in [-0.2, -0.15) is 0 Å². The highest BCUT2D eigenvalue weighted by atomic mass is 16.2. The summed E-state index contributed by atoms with van der Waals surface area (Å²) in [6.07, 6.45) is 0.697. The van der Waals surface area contributed by atoms with Crippen LogP contribution in [-0.2, 0) is 16.1 Å². The van der Waals surface area contributed by atoms with Crippen LogP contribution in [0.2, 0.25) is 0 Å². The Balaban J connectivity index is 1.88. The van der Waals surface area contributed by atoms with Gasteiger partial charge in [0.15, 0.2) is 5.78 Å². The predicted octanol–water partition coefficient (Wildman–Crippen LogP) is 5.02. The lowest BCUT2D eigenvalue weighted by Crippen LogP contribution is -2.51. The molecule has 0 aliphatic carbocycles. The molecule has 1 heterocycles. The highest BCUT2D eigenvalue weighted by molar-refractivity contribution is 6.08. The first-order valence-corrected chi connectivity index (χ1v) is 12.7. The molecule has 8 nitrogen and oxygen atoms in total. The minimum Gasteiger partial charge on any atom is -0.349 e. The molecule has 38 heavy (non-hydrogen) atoms. The Hall–Kier alpha value is -4.33. The molecule has 4 aromatic rings. The Morgan fingerprint density at radius 3 is 2.32 bits per heavy atom. The normalized spacial score (nSPS) is 12.2. The number of benzene rings is 3. The standard InChI is InChI=1S/C30H33N5O3/c1-6-30(4,5)31-29(38)28(22-17-15-20(2)16-18-22)35(25-13-9-7-11-23(25)21(3)36)27(37)19-34-26-14-10-8-12-24(26)32-33-34/h7-18,28H,6,19H2,1-5H3,(H,31,38)/t28-/m0/s1. The quantitative estimate of drug-likeness (QED) is 0.318. The Morgan fingerprint density at radius 1 is 0.974 bits per heavy atom. The van der Waals surface area contributed by atoms with Gasteiger partial charge >= 0.3 is 0 Å². The van der Waals surface area contributed by atoms with Gasteiger partial charge in [0.1, 0.15) is 18.1 Å². The van der Waals surface area contributed by atoms with Gasteiger partial charge in [0.05, 0.1) is 11.2 Å². The minimum atomic E-state index is -1.02. The average Bonchev–Trinajstić information content (AvgIpc) is 3.30. The first-order valence-electron chi connectivity index (χ1n) is 12.7. The molecule has 0 radical (unpaired) electrons. The molecule has 0 spiro atoms. The lowest BCUT2D eigenvalue weighted by Gasteiger charge is -2.35. The molecule has 3 aromatic carbocycles. The van der Waals surface area contributed by atoms with E-state index in [4.69, 9.17) is 0 Å². The number of rotatable bonds is 9. The van der Waals surface area contributed by atoms with Crippen LogP contribution in [-0.4, -0.2) is 38.1 Å². The number of nitrogens with one attached hydrogen (secondary N) is 1. The summed E-state index contributed by atoms with van der Waals surface area (Å²) in [4.78, 5) is 42.3. The highest BCUT2D eigenvalue weighted by Gasteiger charge is 2.36. The summed E-state index contributed by atoms with van der Waals surface area (Å²) in [6.45, 7) is 9.11. The molecular weight excluding hydrogens is 478 g/mol. The van der Waals surface area contributed by atoms with Crippen molar-refractivity contribution in [3.05, 3.63) is 89.5 Å². The van der Waals surface area contributed by atoms with Crippen molar-refractivity contribution in [3.63, 3.8) is 0 Å². The molecule has 196 valence electrons. The highest BCUT2D eigenvalue weighted by Crippen LogP contribution is 2.32. The maximum atomic E-state index is 14.2. The number of Topliss-reactive ketones (excluding diaryl/α,β-unsaturated/α-hetero) is 1. The third-order valence-electron chi connectivity index (χ3n) is 6.76. The van der Waals surface area contributed by atoms with Crippen molar-refractivity contribution in [1.82, 2.24) is 20.3 Å². The molecular formula is C30H33N5O3. The summed E-state index contributed by atoms with van der Waals surface area (Å²) in [5.41, 5.74) is 3.23. The number of amides is 2. The van der Waals surface area contributed by atoms with Gasteiger partial charge in [-0.05, 0) is 63.9 Å². The van der Waals surface area contributed by atoms with Crippen molar-refractivity contribution >= 4 is 34.3 Å². The van der Waals surface area contributed by atoms with Gasteiger partial charge in [-0.15, -0.1) is 5.10 Å². The van der Waals surface area contributed by atoms with Crippen LogP contribution in [0.3, 0.4) is 0 Å². The average molecular weight is 512 g/mol. The monoisotopic (exact) mass is 511 g/mol. The van der Waals surface area contributed by atoms with Gasteiger partial charge in [0.25, 0.3) is 0 Å². The van der Waals surface area contributed by atoms with Crippen molar-refractivity contribution in [2.24, 2.45) is 0 Å². The van der Waals surface area contributed by atoms with Gasteiger partial charge in [-0.25, -0.2) is 4.68 Å². The van der Waals surface area contributed by atoms with Crippen LogP contribution in [0.4, 0.5) is 5.69 Å². The van der Waals surface area contributed by atoms with Crippen molar-refractivity contribution in [2.45, 2.75) is 59.2 Å². The molecule has 0 fully saturated rings. The van der Waals surface area contributed by atoms with Crippen LogP contribution in [0, 0.1) is 6.92 Å². The lowest BCUT2D eigenvalue weighted by atomic mass is 9.96. The topological polar surface area (TPSA) is 97.2 Å². The zero-order chi connectivity index (χ0) is 27.4. The van der Waals surface area contributed by atoms with E-state index in [1.54, 1.807) is 24.3 Å². The largest absolute Gasteiger partial charge is 0.349 e. The van der Waals surface area contributed by atoms with Crippen LogP contribution in [0.1, 0.15) is 61.6 Å². The van der Waals surface area contributed by atoms with Crippen molar-refractivity contribution in [3.8, 4) is 0 Å². The number of hydrogen-bond acceptors (Lipinski definition) is 5. The van der Waals surface area contributed by atoms with Crippen molar-refractivity contribution < 1.29 is 14.4 Å². The molecule has 8 heteroatoms. The maximum Gasteiger partial charge on any atom is 0.249 e. The number of aromatic nitrogens is 3. The van der Waals surface area contributed by atoms with E-state index in [1.165, 1.54) is 16.5 Å². The van der Waals surface area contributed by atoms with E-state index in [9.17, 15) is 14.4 Å². The first kappa shape index (κ1) is 26.7. The Bertz CT molecular complexity index is 1470. The molecule has 1 N–H and O–H groups in total. The Morgan fingerprint density at radius 2 is 1.63 bits per heavy atom. The number of nitrogens with zero attached hydrogens (tertiary/aromatic N) is 4. The second-order valence-electron chi connectivity index (χ2n) is 10.1. The van der Waals surface area contributed by atoms with Gasteiger partial charge in [-0.3, -0.25) is 19.3 Å². The summed E-state index contributed by atoms with van der Waals surface area (Å²) in [6, 6.07) is 20.7. The van der Waals surface area contributed by atoms with E-state index in [-0.39, 0.29) is 18.2 Å². The third-order valence-corrected chi connectivity index (χ3v) is 6.76. The molecule has 4 rings (SSSR count). The number of carbonyl (C=O) groups excluding carboxylic acids is 3. The third kappa shape index (κ3) is 5.64. The smallest absolute Gasteiger partial charge is 0.249 e. The molecule has 2 amide bonds. The summed E-state index contributed by atoms with van der Waals surface area (Å²) >= 11 is 0. The van der Waals surface area contributed by atoms with E-state index in [2.05, 4.69) is 15.6 Å². The van der Waals surface area contributed by atoms with Crippen LogP contribution >= 0.6 is 0 Å². The van der Waals surface area contributed by atoms with Gasteiger partial charge < -0.3 is 5.32 Å². The van der Waals surface area contributed by atoms with Crippen molar-refractivity contribution in [2.75, 3.05) is 4.90 Å². The SMILES string of the molecule is CCC(C)(C)NC(=O)[C@H](c1ccc(C)cc1)N(C(=O)Cn1nnc2ccccc21)c1ccccc1C(C)=O. The molecule has 0 unspecified atom stereocenters. The number of fused-ring (bicyclic) bond motifs is 1. The predicted molar refractivity (Wildman–Crippen MR) is 148 cm³/mol. The van der Waals surface area contributed by atoms with E-state index in [1.807, 2.05) is 76.2 Å². The summed E-state index contributed by atoms with van der Waals surface area (Å²) in [7, 11) is 0. The minimum absolute atomic E-state index is 0.167. The van der Waals surface area contributed by atoms with E-state index >= 15 is 0 Å². The zero-order valence-electron chi connectivity index (χ0n) is 22.4. The second-order valence-corrected chi connectivity index (χ2v) is 10.1. The Labute approximate surface area is 222 Å². The van der Waals surface area contributed by atoms with Crippen LogP contribution in [0.25, 0.3) is 11.0 Å². The fraction of sp³-hybridized carbons (Fsp3) is 0.300. The number of carbonyl (C=O) groups is 3.